The summed E-state index contributed by atoms with van der Waals surface area (Å²) in [5.74, 6) is 1.45. The topological polar surface area (TPSA) is 88.4 Å². The van der Waals surface area contributed by atoms with Crippen LogP contribution in [0.1, 0.15) is 49.2 Å². The molecular formula is C26H34N4O5. The average molecular weight is 483 g/mol. The van der Waals surface area contributed by atoms with Crippen LogP contribution in [0.3, 0.4) is 0 Å². The van der Waals surface area contributed by atoms with Crippen molar-refractivity contribution in [1.82, 2.24) is 19.9 Å². The van der Waals surface area contributed by atoms with Gasteiger partial charge >= 0.3 is 6.03 Å². The van der Waals surface area contributed by atoms with E-state index in [1.54, 1.807) is 21.1 Å². The summed E-state index contributed by atoms with van der Waals surface area (Å²) in [5.41, 5.74) is 3.45. The Bertz CT molecular complexity index is 1120. The average Bonchev–Trinajstić information content (AvgIpc) is 3.32. The predicted molar refractivity (Wildman–Crippen MR) is 128 cm³/mol. The molecule has 1 aliphatic carbocycles. The highest BCUT2D eigenvalue weighted by atomic mass is 16.5. The molecule has 2 saturated heterocycles. The number of aromatic nitrogens is 1. The van der Waals surface area contributed by atoms with Gasteiger partial charge in [-0.15, -0.1) is 0 Å². The Morgan fingerprint density at radius 2 is 2.03 bits per heavy atom. The number of hydrogen-bond acceptors (Lipinski definition) is 6. The first-order chi connectivity index (χ1) is 16.8. The highest BCUT2D eigenvalue weighted by Gasteiger charge is 2.55. The van der Waals surface area contributed by atoms with Crippen molar-refractivity contribution in [1.29, 1.82) is 0 Å². The molecule has 0 saturated carbocycles. The van der Waals surface area contributed by atoms with Gasteiger partial charge in [-0.05, 0) is 43.9 Å². The molecule has 4 aliphatic rings. The van der Waals surface area contributed by atoms with Gasteiger partial charge in [0.05, 0.1) is 37.3 Å². The second-order valence-corrected chi connectivity index (χ2v) is 9.80. The third-order valence-corrected chi connectivity index (χ3v) is 8.13. The van der Waals surface area contributed by atoms with Gasteiger partial charge in [0.25, 0.3) is 5.91 Å². The molecule has 4 heterocycles. The summed E-state index contributed by atoms with van der Waals surface area (Å²) in [6, 6.07) is 0.0289. The maximum absolute atomic E-state index is 13.7. The number of likely N-dealkylation sites (N-methyl/N-ethyl adjacent to an activating group) is 1. The molecule has 9 heteroatoms. The van der Waals surface area contributed by atoms with Crippen molar-refractivity contribution in [3.8, 4) is 0 Å². The molecule has 0 radical (unpaired) electrons. The quantitative estimate of drug-likeness (QED) is 0.653. The van der Waals surface area contributed by atoms with Gasteiger partial charge in [-0.2, -0.15) is 0 Å². The number of aryl methyl sites for hydroxylation is 1. The molecule has 1 spiro atoms. The number of ether oxygens (including phenoxy) is 2. The summed E-state index contributed by atoms with van der Waals surface area (Å²) in [5, 5.41) is 3.76. The molecule has 2 unspecified atom stereocenters. The zero-order valence-corrected chi connectivity index (χ0v) is 21.2. The summed E-state index contributed by atoms with van der Waals surface area (Å²) in [4.78, 5) is 32.6. The molecule has 3 amide bonds. The number of hydrogen-bond donors (Lipinski definition) is 0. The van der Waals surface area contributed by atoms with Crippen molar-refractivity contribution in [3.63, 3.8) is 0 Å². The van der Waals surface area contributed by atoms with Crippen LogP contribution in [0, 0.1) is 12.8 Å². The minimum absolute atomic E-state index is 0.0289. The fourth-order valence-electron chi connectivity index (χ4n) is 6.35. The van der Waals surface area contributed by atoms with Crippen LogP contribution in [0.2, 0.25) is 0 Å². The summed E-state index contributed by atoms with van der Waals surface area (Å²) in [6.07, 6.45) is 7.82. The Hall–Kier alpha value is -3.07. The largest absolute Gasteiger partial charge is 0.501 e. The number of fused-ring (bicyclic) bond motifs is 2. The fraction of sp³-hybridized carbons (Fsp3) is 0.577. The smallest absolute Gasteiger partial charge is 0.325 e. The van der Waals surface area contributed by atoms with Gasteiger partial charge in [-0.3, -0.25) is 9.69 Å². The molecule has 5 rings (SSSR count). The van der Waals surface area contributed by atoms with E-state index in [0.29, 0.717) is 56.8 Å². The Kier molecular flexibility index (Phi) is 5.99. The van der Waals surface area contributed by atoms with Crippen molar-refractivity contribution in [3.05, 3.63) is 52.3 Å². The van der Waals surface area contributed by atoms with Crippen molar-refractivity contribution < 1.29 is 23.6 Å². The molecule has 1 aromatic heterocycles. The minimum Gasteiger partial charge on any atom is -0.501 e. The van der Waals surface area contributed by atoms with Gasteiger partial charge in [0.15, 0.2) is 0 Å². The minimum atomic E-state index is -0.425. The third-order valence-electron chi connectivity index (χ3n) is 8.13. The molecule has 0 bridgehead atoms. The second-order valence-electron chi connectivity index (χ2n) is 9.80. The molecule has 2 fully saturated rings. The van der Waals surface area contributed by atoms with Gasteiger partial charge in [0.1, 0.15) is 11.3 Å². The molecule has 0 aromatic carbocycles. The van der Waals surface area contributed by atoms with E-state index in [4.69, 9.17) is 14.0 Å². The first-order valence-electron chi connectivity index (χ1n) is 12.4. The molecule has 0 N–H and O–H groups in total. The number of nitrogens with zero attached hydrogens (tertiary/aromatic N) is 4. The van der Waals surface area contributed by atoms with Crippen LogP contribution in [-0.4, -0.2) is 83.8 Å². The normalized spacial score (nSPS) is 25.9. The van der Waals surface area contributed by atoms with E-state index in [2.05, 4.69) is 24.2 Å². The van der Waals surface area contributed by atoms with Crippen LogP contribution in [0.4, 0.5) is 4.79 Å². The van der Waals surface area contributed by atoms with E-state index in [0.717, 1.165) is 17.0 Å². The number of carbonyl (C=O) groups excluding carboxylic acids is 2. The highest BCUT2D eigenvalue weighted by molar-refractivity contribution is 5.95. The zero-order valence-electron chi connectivity index (χ0n) is 21.2. The van der Waals surface area contributed by atoms with Crippen molar-refractivity contribution >= 4 is 11.9 Å². The molecule has 35 heavy (non-hydrogen) atoms. The summed E-state index contributed by atoms with van der Waals surface area (Å²) in [6.45, 7) is 8.21. The maximum Gasteiger partial charge on any atom is 0.325 e. The summed E-state index contributed by atoms with van der Waals surface area (Å²) in [7, 11) is 3.41. The lowest BCUT2D eigenvalue weighted by molar-refractivity contribution is 0.0573. The van der Waals surface area contributed by atoms with Crippen molar-refractivity contribution in [2.45, 2.75) is 51.7 Å². The lowest BCUT2D eigenvalue weighted by atomic mass is 9.80. The molecular weight excluding hydrogens is 448 g/mol. The first-order valence-corrected chi connectivity index (χ1v) is 12.4. The predicted octanol–water partition coefficient (Wildman–Crippen LogP) is 3.49. The highest BCUT2D eigenvalue weighted by Crippen LogP contribution is 2.47. The Labute approximate surface area is 206 Å². The second kappa shape index (κ2) is 8.86. The Morgan fingerprint density at radius 1 is 1.29 bits per heavy atom. The van der Waals surface area contributed by atoms with E-state index in [1.807, 2.05) is 21.6 Å². The number of amides is 3. The number of likely N-dealkylation sites (tertiary alicyclic amines) is 1. The number of methoxy groups -OCH3 is 2. The van der Waals surface area contributed by atoms with E-state index in [-0.39, 0.29) is 24.0 Å². The number of piperidine rings is 1. The number of allylic oxidation sites excluding steroid dienone is 1. The van der Waals surface area contributed by atoms with Crippen molar-refractivity contribution in [2.75, 3.05) is 40.4 Å². The van der Waals surface area contributed by atoms with Gasteiger partial charge in [0, 0.05) is 44.8 Å². The van der Waals surface area contributed by atoms with E-state index in [1.165, 1.54) is 11.8 Å². The van der Waals surface area contributed by atoms with E-state index >= 15 is 0 Å². The summed E-state index contributed by atoms with van der Waals surface area (Å²) < 4.78 is 16.5. The Balaban J connectivity index is 1.47. The molecule has 188 valence electrons. The lowest BCUT2D eigenvalue weighted by Gasteiger charge is -2.44. The fourth-order valence-corrected chi connectivity index (χ4v) is 6.35. The molecule has 2 atom stereocenters. The SMILES string of the molecule is CCN1C(=O)N2CC3=C(C(C)C=C2C12CCN(C(=O)c1cnoc1C)CC2)C(OC)CC(OC)=C3. The first kappa shape index (κ1) is 23.7. The zero-order chi connectivity index (χ0) is 24.9. The number of rotatable bonds is 4. The number of urea groups is 1. The van der Waals surface area contributed by atoms with Crippen LogP contribution in [0.25, 0.3) is 0 Å². The van der Waals surface area contributed by atoms with Crippen LogP contribution < -0.4 is 0 Å². The molecule has 9 nitrogen and oxygen atoms in total. The van der Waals surface area contributed by atoms with Gasteiger partial charge in [-0.25, -0.2) is 4.79 Å². The summed E-state index contributed by atoms with van der Waals surface area (Å²) >= 11 is 0. The van der Waals surface area contributed by atoms with Gasteiger partial charge < -0.3 is 23.8 Å². The third kappa shape index (κ3) is 3.59. The van der Waals surface area contributed by atoms with E-state index in [9.17, 15) is 9.59 Å². The standard InChI is InChI=1S/C26H34N4O5/c1-6-30-25(32)29-15-18-12-19(33-4)13-21(34-5)23(18)16(2)11-22(29)26(30)7-9-28(10-8-26)24(31)20-14-27-35-17(20)3/h11-12,14,16,21H,6-10,13,15H2,1-5H3. The maximum atomic E-state index is 13.7. The molecule has 1 aromatic rings. The van der Waals surface area contributed by atoms with Crippen LogP contribution >= 0.6 is 0 Å². The molecule has 3 aliphatic heterocycles. The van der Waals surface area contributed by atoms with E-state index < -0.39 is 5.54 Å². The van der Waals surface area contributed by atoms with Crippen molar-refractivity contribution in [2.24, 2.45) is 5.92 Å². The van der Waals surface area contributed by atoms with Crippen LogP contribution in [0.5, 0.6) is 0 Å². The van der Waals surface area contributed by atoms with Gasteiger partial charge in [0.2, 0.25) is 0 Å². The Morgan fingerprint density at radius 3 is 2.63 bits per heavy atom. The lowest BCUT2D eigenvalue weighted by Crippen LogP contribution is -2.54. The number of carbonyl (C=O) groups is 2. The van der Waals surface area contributed by atoms with Crippen LogP contribution in [-0.2, 0) is 9.47 Å². The van der Waals surface area contributed by atoms with Gasteiger partial charge in [-0.1, -0.05) is 18.2 Å². The monoisotopic (exact) mass is 482 g/mol. The van der Waals surface area contributed by atoms with Crippen LogP contribution in [0.15, 0.2) is 45.5 Å².